The minimum absolute atomic E-state index is 0.186. The summed E-state index contributed by atoms with van der Waals surface area (Å²) >= 11 is 2.04. The summed E-state index contributed by atoms with van der Waals surface area (Å²) in [4.78, 5) is 9.46. The molecule has 3 saturated heterocycles. The summed E-state index contributed by atoms with van der Waals surface area (Å²) in [5.41, 5.74) is 6.37. The molecule has 3 aliphatic rings. The molecule has 120 valence electrons. The van der Waals surface area contributed by atoms with E-state index < -0.39 is 0 Å². The Hall–Kier alpha value is -0.500. The maximum atomic E-state index is 6.19. The maximum absolute atomic E-state index is 6.19. The van der Waals surface area contributed by atoms with Gasteiger partial charge in [-0.1, -0.05) is 0 Å². The Morgan fingerprint density at radius 1 is 1.10 bits per heavy atom. The van der Waals surface area contributed by atoms with Gasteiger partial charge in [-0.05, 0) is 12.2 Å². The van der Waals surface area contributed by atoms with E-state index in [9.17, 15) is 0 Å². The molecule has 0 aliphatic carbocycles. The average molecular weight is 314 g/mol. The number of thioether (sulfide) groups is 1. The number of morpholine rings is 2. The van der Waals surface area contributed by atoms with Gasteiger partial charge in [0.15, 0.2) is 5.96 Å². The van der Waals surface area contributed by atoms with Crippen LogP contribution >= 0.6 is 11.8 Å². The molecule has 21 heavy (non-hydrogen) atoms. The van der Waals surface area contributed by atoms with Gasteiger partial charge in [-0.3, -0.25) is 9.89 Å². The first-order chi connectivity index (χ1) is 10.3. The third-order valence-electron chi connectivity index (χ3n) is 4.63. The van der Waals surface area contributed by atoms with E-state index in [1.165, 1.54) is 12.2 Å². The second-order valence-electron chi connectivity index (χ2n) is 5.90. The number of hydrogen-bond acceptors (Lipinski definition) is 5. The summed E-state index contributed by atoms with van der Waals surface area (Å²) in [5, 5.41) is 0. The minimum Gasteiger partial charge on any atom is -0.379 e. The van der Waals surface area contributed by atoms with Crippen LogP contribution in [0.3, 0.4) is 0 Å². The van der Waals surface area contributed by atoms with Crippen molar-refractivity contribution in [3.05, 3.63) is 0 Å². The molecule has 2 N–H and O–H groups in total. The zero-order chi connectivity index (χ0) is 14.5. The van der Waals surface area contributed by atoms with E-state index in [1.54, 1.807) is 0 Å². The Morgan fingerprint density at radius 2 is 1.76 bits per heavy atom. The van der Waals surface area contributed by atoms with Crippen LogP contribution in [0.15, 0.2) is 4.99 Å². The molecule has 0 aromatic carbocycles. The Balaban J connectivity index is 1.64. The van der Waals surface area contributed by atoms with Crippen molar-refractivity contribution in [3.8, 4) is 0 Å². The number of aliphatic imine (C=N–C) groups is 1. The molecule has 0 aromatic rings. The highest BCUT2D eigenvalue weighted by molar-refractivity contribution is 7.99. The van der Waals surface area contributed by atoms with Gasteiger partial charge < -0.3 is 20.1 Å². The van der Waals surface area contributed by atoms with Crippen LogP contribution in [0.4, 0.5) is 0 Å². The first-order valence-electron chi connectivity index (χ1n) is 7.83. The predicted molar refractivity (Wildman–Crippen MR) is 85.9 cm³/mol. The quantitative estimate of drug-likeness (QED) is 0.577. The summed E-state index contributed by atoms with van der Waals surface area (Å²) in [6.45, 7) is 7.75. The van der Waals surface area contributed by atoms with Gasteiger partial charge in [0.05, 0.1) is 38.5 Å². The normalized spacial score (nSPS) is 32.6. The van der Waals surface area contributed by atoms with E-state index in [1.807, 2.05) is 11.8 Å². The molecular weight excluding hydrogens is 288 g/mol. The molecule has 6 nitrogen and oxygen atoms in total. The number of ether oxygens (including phenoxy) is 2. The molecule has 0 radical (unpaired) electrons. The second kappa shape index (κ2) is 7.17. The van der Waals surface area contributed by atoms with Crippen LogP contribution in [0.5, 0.6) is 0 Å². The van der Waals surface area contributed by atoms with E-state index >= 15 is 0 Å². The smallest absolute Gasteiger partial charge is 0.191 e. The average Bonchev–Trinajstić information content (AvgIpc) is 3.04. The van der Waals surface area contributed by atoms with Gasteiger partial charge in [0.25, 0.3) is 0 Å². The van der Waals surface area contributed by atoms with Crippen LogP contribution in [-0.2, 0) is 9.47 Å². The third-order valence-corrected chi connectivity index (χ3v) is 5.87. The molecule has 0 spiro atoms. The van der Waals surface area contributed by atoms with E-state index in [2.05, 4.69) is 9.80 Å². The second-order valence-corrected chi connectivity index (χ2v) is 7.01. The standard InChI is InChI=1S/C14H26N4O2S/c15-13(17-2-6-19-7-3-17)16-11-14(1-10-21-12-14)18-4-8-20-9-5-18/h1-12H2,(H2,15,16). The first-order valence-corrected chi connectivity index (χ1v) is 8.99. The fraction of sp³-hybridized carbons (Fsp3) is 0.929. The highest BCUT2D eigenvalue weighted by Crippen LogP contribution is 2.34. The topological polar surface area (TPSA) is 63.3 Å². The molecule has 3 heterocycles. The maximum Gasteiger partial charge on any atom is 0.191 e. The lowest BCUT2D eigenvalue weighted by Crippen LogP contribution is -2.56. The lowest BCUT2D eigenvalue weighted by molar-refractivity contribution is -0.0105. The van der Waals surface area contributed by atoms with Crippen molar-refractivity contribution in [2.75, 3.05) is 70.7 Å². The summed E-state index contributed by atoms with van der Waals surface area (Å²) in [5.74, 6) is 3.07. The lowest BCUT2D eigenvalue weighted by atomic mass is 9.96. The van der Waals surface area contributed by atoms with Crippen LogP contribution < -0.4 is 5.73 Å². The Morgan fingerprint density at radius 3 is 2.38 bits per heavy atom. The van der Waals surface area contributed by atoms with Crippen molar-refractivity contribution in [2.24, 2.45) is 10.7 Å². The van der Waals surface area contributed by atoms with Gasteiger partial charge in [0.2, 0.25) is 0 Å². The molecule has 0 aromatic heterocycles. The van der Waals surface area contributed by atoms with Gasteiger partial charge in [0, 0.05) is 31.9 Å². The fourth-order valence-electron chi connectivity index (χ4n) is 3.23. The predicted octanol–water partition coefficient (Wildman–Crippen LogP) is -0.159. The van der Waals surface area contributed by atoms with Crippen LogP contribution in [0.25, 0.3) is 0 Å². The summed E-state index contributed by atoms with van der Waals surface area (Å²) < 4.78 is 10.9. The van der Waals surface area contributed by atoms with Gasteiger partial charge in [-0.25, -0.2) is 0 Å². The van der Waals surface area contributed by atoms with Crippen molar-refractivity contribution in [2.45, 2.75) is 12.0 Å². The molecule has 0 bridgehead atoms. The van der Waals surface area contributed by atoms with Crippen LogP contribution in [0.2, 0.25) is 0 Å². The van der Waals surface area contributed by atoms with Crippen molar-refractivity contribution < 1.29 is 9.47 Å². The highest BCUT2D eigenvalue weighted by Gasteiger charge is 2.40. The molecule has 1 unspecified atom stereocenters. The molecule has 3 aliphatic heterocycles. The van der Waals surface area contributed by atoms with Crippen LogP contribution in [0, 0.1) is 0 Å². The number of nitrogens with two attached hydrogens (primary N) is 1. The Bertz CT molecular complexity index is 362. The van der Waals surface area contributed by atoms with Gasteiger partial charge in [-0.15, -0.1) is 0 Å². The van der Waals surface area contributed by atoms with Crippen LogP contribution in [0.1, 0.15) is 6.42 Å². The number of guanidine groups is 1. The molecule has 1 atom stereocenters. The molecule has 0 saturated carbocycles. The van der Waals surface area contributed by atoms with Crippen LogP contribution in [-0.4, -0.2) is 92.0 Å². The molecule has 3 fully saturated rings. The SMILES string of the molecule is NC(=NCC1(N2CCOCC2)CCSC1)N1CCOCC1. The summed E-state index contributed by atoms with van der Waals surface area (Å²) in [6.07, 6.45) is 1.21. The highest BCUT2D eigenvalue weighted by atomic mass is 32.2. The Labute approximate surface area is 131 Å². The number of hydrogen-bond donors (Lipinski definition) is 1. The van der Waals surface area contributed by atoms with E-state index in [4.69, 9.17) is 20.2 Å². The molecule has 3 rings (SSSR count). The number of nitrogens with zero attached hydrogens (tertiary/aromatic N) is 3. The largest absolute Gasteiger partial charge is 0.379 e. The van der Waals surface area contributed by atoms with Gasteiger partial charge >= 0.3 is 0 Å². The molecular formula is C14H26N4O2S. The zero-order valence-electron chi connectivity index (χ0n) is 12.6. The Kier molecular flexibility index (Phi) is 5.26. The zero-order valence-corrected chi connectivity index (χ0v) is 13.4. The van der Waals surface area contributed by atoms with Crippen molar-refractivity contribution in [1.29, 1.82) is 0 Å². The lowest BCUT2D eigenvalue weighted by Gasteiger charge is -2.42. The summed E-state index contributed by atoms with van der Waals surface area (Å²) in [6, 6.07) is 0. The third kappa shape index (κ3) is 3.64. The minimum atomic E-state index is 0.186. The van der Waals surface area contributed by atoms with E-state index in [-0.39, 0.29) is 5.54 Å². The van der Waals surface area contributed by atoms with Crippen molar-refractivity contribution in [1.82, 2.24) is 9.80 Å². The fourth-order valence-corrected chi connectivity index (χ4v) is 4.70. The number of rotatable bonds is 3. The van der Waals surface area contributed by atoms with Crippen molar-refractivity contribution in [3.63, 3.8) is 0 Å². The van der Waals surface area contributed by atoms with E-state index in [0.717, 1.165) is 64.9 Å². The summed E-state index contributed by atoms with van der Waals surface area (Å²) in [7, 11) is 0. The molecule has 0 amide bonds. The molecule has 7 heteroatoms. The van der Waals surface area contributed by atoms with Gasteiger partial charge in [-0.2, -0.15) is 11.8 Å². The van der Waals surface area contributed by atoms with Gasteiger partial charge in [0.1, 0.15) is 0 Å². The first kappa shape index (κ1) is 15.4. The van der Waals surface area contributed by atoms with E-state index in [0.29, 0.717) is 5.96 Å². The monoisotopic (exact) mass is 314 g/mol. The van der Waals surface area contributed by atoms with Crippen molar-refractivity contribution >= 4 is 17.7 Å².